The Hall–Kier alpha value is -1.87. The van der Waals surface area contributed by atoms with E-state index < -0.39 is 27.9 Å². The number of hydrogen-bond donors (Lipinski definition) is 2. The molecule has 9 heteroatoms. The first-order chi connectivity index (χ1) is 11.2. The molecule has 0 atom stereocenters. The molecule has 2 rings (SSSR count). The van der Waals surface area contributed by atoms with Crippen molar-refractivity contribution in [3.8, 4) is 0 Å². The molecule has 0 amide bonds. The van der Waals surface area contributed by atoms with Crippen LogP contribution in [0.5, 0.6) is 0 Å². The van der Waals surface area contributed by atoms with Gasteiger partial charge in [-0.3, -0.25) is 4.79 Å². The van der Waals surface area contributed by atoms with Gasteiger partial charge in [-0.15, -0.1) is 0 Å². The summed E-state index contributed by atoms with van der Waals surface area (Å²) in [7, 11) is -2.82. The number of carboxylic acid groups (broad SMARTS) is 1. The van der Waals surface area contributed by atoms with Crippen LogP contribution < -0.4 is 4.72 Å². The number of sulfonamides is 1. The van der Waals surface area contributed by atoms with E-state index in [1.54, 1.807) is 0 Å². The summed E-state index contributed by atoms with van der Waals surface area (Å²) in [6, 6.07) is -0.370. The smallest absolute Gasteiger partial charge is 0.342 e. The van der Waals surface area contributed by atoms with Crippen molar-refractivity contribution >= 4 is 22.0 Å². The molecule has 0 bridgehead atoms. The van der Waals surface area contributed by atoms with Crippen LogP contribution in [0.15, 0.2) is 9.31 Å². The summed E-state index contributed by atoms with van der Waals surface area (Å²) in [5, 5.41) is 9.00. The van der Waals surface area contributed by atoms with Gasteiger partial charge >= 0.3 is 11.9 Å². The zero-order valence-electron chi connectivity index (χ0n) is 13.8. The number of nitrogens with one attached hydrogen (secondary N) is 1. The lowest BCUT2D eigenvalue weighted by Gasteiger charge is -2.26. The Morgan fingerprint density at radius 1 is 1.17 bits per heavy atom. The molecule has 134 valence electrons. The van der Waals surface area contributed by atoms with Crippen molar-refractivity contribution in [3.05, 3.63) is 17.1 Å². The second-order valence-corrected chi connectivity index (χ2v) is 7.57. The van der Waals surface area contributed by atoms with Crippen molar-refractivity contribution in [2.24, 2.45) is 5.92 Å². The Kier molecular flexibility index (Phi) is 5.34. The van der Waals surface area contributed by atoms with Gasteiger partial charge in [-0.1, -0.05) is 0 Å². The van der Waals surface area contributed by atoms with E-state index in [9.17, 15) is 18.0 Å². The quantitative estimate of drug-likeness (QED) is 0.765. The molecule has 24 heavy (non-hydrogen) atoms. The SMILES string of the molecule is COC(=O)c1c(C)oc(C)c1S(=O)(=O)NC1CCC(C(=O)O)CC1. The van der Waals surface area contributed by atoms with Crippen LogP contribution in [0.4, 0.5) is 0 Å². The normalized spacial score (nSPS) is 21.5. The van der Waals surface area contributed by atoms with Crippen LogP contribution in [0, 0.1) is 19.8 Å². The molecule has 0 saturated heterocycles. The first kappa shape index (κ1) is 18.5. The molecule has 0 unspecified atom stereocenters. The minimum Gasteiger partial charge on any atom is -0.481 e. The van der Waals surface area contributed by atoms with E-state index in [0.29, 0.717) is 25.7 Å². The standard InChI is InChI=1S/C15H21NO7S/c1-8-12(15(19)22-3)13(9(2)23-8)24(20,21)16-11-6-4-10(5-7-11)14(17)18/h10-11,16H,4-7H2,1-3H3,(H,17,18). The number of carbonyl (C=O) groups excluding carboxylic acids is 1. The van der Waals surface area contributed by atoms with Crippen molar-refractivity contribution < 1.29 is 32.3 Å². The van der Waals surface area contributed by atoms with Gasteiger partial charge in [0.15, 0.2) is 0 Å². The highest BCUT2D eigenvalue weighted by Crippen LogP contribution is 2.30. The average molecular weight is 359 g/mol. The second-order valence-electron chi connectivity index (χ2n) is 5.92. The summed E-state index contributed by atoms with van der Waals surface area (Å²) < 4.78 is 37.9. The predicted octanol–water partition coefficient (Wildman–Crippen LogP) is 1.60. The van der Waals surface area contributed by atoms with Gasteiger partial charge < -0.3 is 14.3 Å². The Bertz CT molecular complexity index is 742. The number of carbonyl (C=O) groups is 2. The van der Waals surface area contributed by atoms with E-state index in [-0.39, 0.29) is 28.0 Å². The lowest BCUT2D eigenvalue weighted by molar-refractivity contribution is -0.142. The molecular weight excluding hydrogens is 338 g/mol. The molecule has 1 aromatic rings. The molecule has 1 aliphatic rings. The zero-order chi connectivity index (χ0) is 18.1. The van der Waals surface area contributed by atoms with Crippen molar-refractivity contribution in [1.29, 1.82) is 0 Å². The molecule has 0 aromatic carbocycles. The topological polar surface area (TPSA) is 123 Å². The number of furan rings is 1. The Morgan fingerprint density at radius 3 is 2.25 bits per heavy atom. The molecule has 1 aromatic heterocycles. The molecule has 1 heterocycles. The third-order valence-corrected chi connectivity index (χ3v) is 5.93. The van der Waals surface area contributed by atoms with Gasteiger partial charge in [-0.2, -0.15) is 0 Å². The molecule has 1 aliphatic carbocycles. The van der Waals surface area contributed by atoms with Gasteiger partial charge in [0.05, 0.1) is 13.0 Å². The van der Waals surface area contributed by atoms with E-state index >= 15 is 0 Å². The maximum Gasteiger partial charge on any atom is 0.342 e. The van der Waals surface area contributed by atoms with Gasteiger partial charge in [0.2, 0.25) is 10.0 Å². The lowest BCUT2D eigenvalue weighted by atomic mass is 9.87. The summed E-state index contributed by atoms with van der Waals surface area (Å²) in [4.78, 5) is 22.6. The Morgan fingerprint density at radius 2 is 1.75 bits per heavy atom. The monoisotopic (exact) mass is 359 g/mol. The summed E-state index contributed by atoms with van der Waals surface area (Å²) in [6.07, 6.45) is 1.69. The van der Waals surface area contributed by atoms with Gasteiger partial charge in [-0.25, -0.2) is 17.9 Å². The fourth-order valence-electron chi connectivity index (χ4n) is 3.06. The predicted molar refractivity (Wildman–Crippen MR) is 83.2 cm³/mol. The zero-order valence-corrected chi connectivity index (χ0v) is 14.6. The second kappa shape index (κ2) is 6.94. The highest BCUT2D eigenvalue weighted by molar-refractivity contribution is 7.89. The minimum absolute atomic E-state index is 0.110. The number of hydrogen-bond acceptors (Lipinski definition) is 6. The molecule has 1 fully saturated rings. The maximum atomic E-state index is 12.7. The van der Waals surface area contributed by atoms with Gasteiger partial charge in [-0.05, 0) is 39.5 Å². The molecule has 1 saturated carbocycles. The summed E-state index contributed by atoms with van der Waals surface area (Å²) in [5.41, 5.74) is -0.110. The number of rotatable bonds is 5. The van der Waals surface area contributed by atoms with Crippen molar-refractivity contribution in [2.45, 2.75) is 50.5 Å². The molecular formula is C15H21NO7S. The summed E-state index contributed by atoms with van der Waals surface area (Å²) in [5.74, 6) is -1.78. The molecule has 0 spiro atoms. The fourth-order valence-corrected chi connectivity index (χ4v) is 4.77. The number of methoxy groups -OCH3 is 1. The van der Waals surface area contributed by atoms with Crippen LogP contribution in [-0.4, -0.2) is 38.6 Å². The molecule has 2 N–H and O–H groups in total. The number of ether oxygens (including phenoxy) is 1. The maximum absolute atomic E-state index is 12.7. The first-order valence-corrected chi connectivity index (χ1v) is 9.09. The minimum atomic E-state index is -3.99. The first-order valence-electron chi connectivity index (χ1n) is 7.60. The van der Waals surface area contributed by atoms with Gasteiger partial charge in [0.1, 0.15) is 22.0 Å². The molecule has 0 radical (unpaired) electrons. The van der Waals surface area contributed by atoms with Gasteiger partial charge in [0.25, 0.3) is 0 Å². The van der Waals surface area contributed by atoms with Crippen LogP contribution in [0.2, 0.25) is 0 Å². The largest absolute Gasteiger partial charge is 0.481 e. The molecule has 8 nitrogen and oxygen atoms in total. The van der Waals surface area contributed by atoms with Crippen LogP contribution >= 0.6 is 0 Å². The number of aliphatic carboxylic acids is 1. The lowest BCUT2D eigenvalue weighted by Crippen LogP contribution is -2.39. The van der Waals surface area contributed by atoms with Crippen molar-refractivity contribution in [1.82, 2.24) is 4.72 Å². The van der Waals surface area contributed by atoms with E-state index in [4.69, 9.17) is 9.52 Å². The fraction of sp³-hybridized carbons (Fsp3) is 0.600. The van der Waals surface area contributed by atoms with Crippen molar-refractivity contribution in [2.75, 3.05) is 7.11 Å². The third kappa shape index (κ3) is 3.62. The number of aryl methyl sites for hydroxylation is 2. The Labute approximate surface area is 140 Å². The number of carboxylic acids is 1. The Balaban J connectivity index is 2.23. The van der Waals surface area contributed by atoms with Gasteiger partial charge in [0, 0.05) is 6.04 Å². The molecule has 0 aliphatic heterocycles. The van der Waals surface area contributed by atoms with E-state index in [1.165, 1.54) is 21.0 Å². The van der Waals surface area contributed by atoms with E-state index in [0.717, 1.165) is 0 Å². The van der Waals surface area contributed by atoms with Crippen LogP contribution in [0.3, 0.4) is 0 Å². The highest BCUT2D eigenvalue weighted by Gasteiger charge is 2.34. The number of esters is 1. The van der Waals surface area contributed by atoms with E-state index in [1.807, 2.05) is 0 Å². The van der Waals surface area contributed by atoms with E-state index in [2.05, 4.69) is 9.46 Å². The third-order valence-electron chi connectivity index (χ3n) is 4.26. The van der Waals surface area contributed by atoms with Crippen molar-refractivity contribution in [3.63, 3.8) is 0 Å². The summed E-state index contributed by atoms with van der Waals surface area (Å²) in [6.45, 7) is 2.96. The van der Waals surface area contributed by atoms with Crippen LogP contribution in [0.1, 0.15) is 47.6 Å². The van der Waals surface area contributed by atoms with Crippen LogP contribution in [-0.2, 0) is 19.6 Å². The average Bonchev–Trinajstić information content (AvgIpc) is 2.81. The summed E-state index contributed by atoms with van der Waals surface area (Å²) >= 11 is 0. The highest BCUT2D eigenvalue weighted by atomic mass is 32.2. The van der Waals surface area contributed by atoms with Crippen LogP contribution in [0.25, 0.3) is 0 Å².